The van der Waals surface area contributed by atoms with Gasteiger partial charge in [0.15, 0.2) is 0 Å². The van der Waals surface area contributed by atoms with Crippen molar-refractivity contribution in [3.05, 3.63) is 53.2 Å². The second kappa shape index (κ2) is 8.86. The predicted molar refractivity (Wildman–Crippen MR) is 115 cm³/mol. The Balaban J connectivity index is 1.75. The molecule has 0 aliphatic carbocycles. The highest BCUT2D eigenvalue weighted by Crippen LogP contribution is 2.34. The number of hydrogen-bond acceptors (Lipinski definition) is 6. The van der Waals surface area contributed by atoms with Gasteiger partial charge in [0, 0.05) is 49.5 Å². The first kappa shape index (κ1) is 21.6. The quantitative estimate of drug-likeness (QED) is 0.622. The number of para-hydroxylation sites is 1. The van der Waals surface area contributed by atoms with Gasteiger partial charge in [-0.05, 0) is 18.2 Å². The molecule has 164 valence electrons. The highest BCUT2D eigenvalue weighted by molar-refractivity contribution is 6.35. The number of nitrogen functional groups attached to an aromatic ring is 1. The summed E-state index contributed by atoms with van der Waals surface area (Å²) in [5.41, 5.74) is 6.37. The average molecular weight is 452 g/mol. The van der Waals surface area contributed by atoms with Crippen LogP contribution in [0.25, 0.3) is 10.9 Å². The molecule has 0 unspecified atom stereocenters. The number of nitrogens with two attached hydrogens (primary N) is 1. The van der Waals surface area contributed by atoms with E-state index in [0.29, 0.717) is 53.7 Å². The first-order valence-electron chi connectivity index (χ1n) is 9.78. The fraction of sp³-hybridized carbons (Fsp3) is 0.333. The zero-order chi connectivity index (χ0) is 22.0. The maximum absolute atomic E-state index is 13.3. The van der Waals surface area contributed by atoms with Gasteiger partial charge in [-0.15, -0.1) is 0 Å². The molecule has 0 atom stereocenters. The number of fused-ring (bicyclic) bond motifs is 1. The lowest BCUT2D eigenvalue weighted by atomic mass is 10.1. The number of aromatic nitrogens is 2. The van der Waals surface area contributed by atoms with E-state index in [1.54, 1.807) is 29.2 Å². The number of benzene rings is 1. The Morgan fingerprint density at radius 2 is 1.90 bits per heavy atom. The summed E-state index contributed by atoms with van der Waals surface area (Å²) in [6.07, 6.45) is -3.33. The SMILES string of the molecule is Nc1cc(N(CCN2CCOCC2)c2cc(C(F)(F)F)ccn2)nc2c(Cl)cccc12. The molecule has 6 nitrogen and oxygen atoms in total. The Kier molecular flexibility index (Phi) is 6.17. The number of pyridine rings is 2. The molecule has 1 saturated heterocycles. The van der Waals surface area contributed by atoms with Gasteiger partial charge in [-0.3, -0.25) is 4.90 Å². The third-order valence-corrected chi connectivity index (χ3v) is 5.48. The van der Waals surface area contributed by atoms with Gasteiger partial charge in [-0.1, -0.05) is 23.7 Å². The number of ether oxygens (including phenoxy) is 1. The number of rotatable bonds is 5. The molecule has 0 radical (unpaired) electrons. The number of nitrogens with zero attached hydrogens (tertiary/aromatic N) is 4. The molecule has 0 bridgehead atoms. The second-order valence-electron chi connectivity index (χ2n) is 7.21. The number of anilines is 3. The fourth-order valence-electron chi connectivity index (χ4n) is 3.52. The number of alkyl halides is 3. The van der Waals surface area contributed by atoms with Gasteiger partial charge in [0.2, 0.25) is 0 Å². The van der Waals surface area contributed by atoms with Crippen LogP contribution in [0, 0.1) is 0 Å². The lowest BCUT2D eigenvalue weighted by Crippen LogP contribution is -2.40. The van der Waals surface area contributed by atoms with Crippen LogP contribution in [0.15, 0.2) is 42.6 Å². The molecule has 3 heterocycles. The number of halogens is 4. The van der Waals surface area contributed by atoms with Crippen LogP contribution in [0.2, 0.25) is 5.02 Å². The van der Waals surface area contributed by atoms with Crippen molar-refractivity contribution in [1.82, 2.24) is 14.9 Å². The Hall–Kier alpha value is -2.62. The summed E-state index contributed by atoms with van der Waals surface area (Å²) >= 11 is 6.31. The maximum Gasteiger partial charge on any atom is 0.416 e. The molecule has 0 amide bonds. The standard InChI is InChI=1S/C21H21ClF3N5O/c22-16-3-1-2-15-17(26)13-19(28-20(15)16)30(7-6-29-8-10-31-11-9-29)18-12-14(4-5-27-18)21(23,24)25/h1-5,12-13H,6-11H2,(H2,26,28). The van der Waals surface area contributed by atoms with Crippen molar-refractivity contribution in [3.8, 4) is 0 Å². The molecule has 1 aromatic carbocycles. The van der Waals surface area contributed by atoms with Gasteiger partial charge in [0.05, 0.1) is 29.3 Å². The summed E-state index contributed by atoms with van der Waals surface area (Å²) in [4.78, 5) is 12.6. The molecule has 31 heavy (non-hydrogen) atoms. The third-order valence-electron chi connectivity index (χ3n) is 5.18. The van der Waals surface area contributed by atoms with E-state index in [9.17, 15) is 13.2 Å². The monoisotopic (exact) mass is 451 g/mol. The van der Waals surface area contributed by atoms with Crippen LogP contribution in [-0.4, -0.2) is 54.3 Å². The molecule has 2 aromatic heterocycles. The van der Waals surface area contributed by atoms with Crippen LogP contribution >= 0.6 is 11.6 Å². The van der Waals surface area contributed by atoms with Crippen molar-refractivity contribution in [1.29, 1.82) is 0 Å². The van der Waals surface area contributed by atoms with E-state index < -0.39 is 11.7 Å². The highest BCUT2D eigenvalue weighted by atomic mass is 35.5. The largest absolute Gasteiger partial charge is 0.416 e. The molecular formula is C21H21ClF3N5O. The maximum atomic E-state index is 13.3. The van der Waals surface area contributed by atoms with Crippen molar-refractivity contribution >= 4 is 39.8 Å². The average Bonchev–Trinajstić information content (AvgIpc) is 2.75. The molecule has 4 rings (SSSR count). The van der Waals surface area contributed by atoms with E-state index in [2.05, 4.69) is 14.9 Å². The first-order valence-corrected chi connectivity index (χ1v) is 10.2. The Morgan fingerprint density at radius 3 is 2.65 bits per heavy atom. The van der Waals surface area contributed by atoms with Crippen LogP contribution < -0.4 is 10.6 Å². The fourth-order valence-corrected chi connectivity index (χ4v) is 3.74. The smallest absolute Gasteiger partial charge is 0.398 e. The lowest BCUT2D eigenvalue weighted by Gasteiger charge is -2.30. The van der Waals surface area contributed by atoms with E-state index in [4.69, 9.17) is 22.1 Å². The molecule has 10 heteroatoms. The molecule has 1 aliphatic heterocycles. The summed E-state index contributed by atoms with van der Waals surface area (Å²) in [6, 6.07) is 8.87. The van der Waals surface area contributed by atoms with Gasteiger partial charge >= 0.3 is 6.18 Å². The van der Waals surface area contributed by atoms with Crippen LogP contribution in [-0.2, 0) is 10.9 Å². The second-order valence-corrected chi connectivity index (χ2v) is 7.62. The van der Waals surface area contributed by atoms with Gasteiger partial charge < -0.3 is 15.4 Å². The minimum absolute atomic E-state index is 0.140. The Bertz CT molecular complexity index is 1070. The van der Waals surface area contributed by atoms with Crippen molar-refractivity contribution in [2.75, 3.05) is 50.0 Å². The van der Waals surface area contributed by atoms with Gasteiger partial charge in [-0.25, -0.2) is 9.97 Å². The van der Waals surface area contributed by atoms with Crippen LogP contribution in [0.4, 0.5) is 30.5 Å². The van der Waals surface area contributed by atoms with E-state index in [-0.39, 0.29) is 5.82 Å². The van der Waals surface area contributed by atoms with E-state index >= 15 is 0 Å². The minimum Gasteiger partial charge on any atom is -0.398 e. The zero-order valence-corrected chi connectivity index (χ0v) is 17.3. The molecule has 3 aromatic rings. The molecule has 1 fully saturated rings. The van der Waals surface area contributed by atoms with Gasteiger partial charge in [0.1, 0.15) is 11.6 Å². The Morgan fingerprint density at radius 1 is 1.13 bits per heavy atom. The van der Waals surface area contributed by atoms with Crippen molar-refractivity contribution in [2.45, 2.75) is 6.18 Å². The highest BCUT2D eigenvalue weighted by Gasteiger charge is 2.31. The predicted octanol–water partition coefficient (Wildman–Crippen LogP) is 4.35. The first-order chi connectivity index (χ1) is 14.8. The normalized spacial score (nSPS) is 15.4. The Labute approximate surface area is 182 Å². The third kappa shape index (κ3) is 4.84. The topological polar surface area (TPSA) is 67.5 Å². The van der Waals surface area contributed by atoms with Crippen molar-refractivity contribution in [3.63, 3.8) is 0 Å². The summed E-state index contributed by atoms with van der Waals surface area (Å²) in [5.74, 6) is 0.527. The van der Waals surface area contributed by atoms with Crippen LogP contribution in [0.3, 0.4) is 0 Å². The summed E-state index contributed by atoms with van der Waals surface area (Å²) in [6.45, 7) is 3.73. The van der Waals surface area contributed by atoms with E-state index in [1.165, 1.54) is 0 Å². The van der Waals surface area contributed by atoms with Crippen molar-refractivity contribution < 1.29 is 17.9 Å². The van der Waals surface area contributed by atoms with Crippen LogP contribution in [0.5, 0.6) is 0 Å². The van der Waals surface area contributed by atoms with E-state index in [1.807, 2.05) is 0 Å². The molecular weight excluding hydrogens is 431 g/mol. The van der Waals surface area contributed by atoms with Crippen molar-refractivity contribution in [2.24, 2.45) is 0 Å². The zero-order valence-electron chi connectivity index (χ0n) is 16.6. The summed E-state index contributed by atoms with van der Waals surface area (Å²) in [7, 11) is 0. The number of hydrogen-bond donors (Lipinski definition) is 1. The number of morpholine rings is 1. The van der Waals surface area contributed by atoms with E-state index in [0.717, 1.165) is 31.4 Å². The molecule has 0 saturated carbocycles. The molecule has 0 spiro atoms. The summed E-state index contributed by atoms with van der Waals surface area (Å²) < 4.78 is 45.3. The minimum atomic E-state index is -4.48. The summed E-state index contributed by atoms with van der Waals surface area (Å²) in [5, 5.41) is 1.09. The molecule has 1 aliphatic rings. The van der Waals surface area contributed by atoms with Gasteiger partial charge in [0.25, 0.3) is 0 Å². The van der Waals surface area contributed by atoms with Gasteiger partial charge in [-0.2, -0.15) is 13.2 Å². The molecule has 2 N–H and O–H groups in total. The lowest BCUT2D eigenvalue weighted by molar-refractivity contribution is -0.137. The van der Waals surface area contributed by atoms with Crippen LogP contribution in [0.1, 0.15) is 5.56 Å².